The first-order valence-corrected chi connectivity index (χ1v) is 8.96. The van der Waals surface area contributed by atoms with E-state index in [1.807, 2.05) is 19.1 Å². The van der Waals surface area contributed by atoms with Crippen LogP contribution in [0.15, 0.2) is 16.5 Å². The third-order valence-corrected chi connectivity index (χ3v) is 6.20. The van der Waals surface area contributed by atoms with Gasteiger partial charge in [-0.15, -0.1) is 0 Å². The van der Waals surface area contributed by atoms with Gasteiger partial charge in [0, 0.05) is 26.1 Å². The number of ether oxygens (including phenoxy) is 1. The van der Waals surface area contributed by atoms with E-state index in [0.717, 1.165) is 30.8 Å². The number of morpholine rings is 1. The molecule has 7 heteroatoms. The molecule has 2 aliphatic rings. The van der Waals surface area contributed by atoms with Crippen molar-refractivity contribution in [1.29, 1.82) is 0 Å². The molecular weight excluding hydrogens is 292 g/mol. The fourth-order valence-corrected chi connectivity index (χ4v) is 4.79. The zero-order chi connectivity index (χ0) is 14.9. The quantitative estimate of drug-likeness (QED) is 0.846. The van der Waals surface area contributed by atoms with Gasteiger partial charge in [-0.2, -0.15) is 17.0 Å². The number of nitrogens with zero attached hydrogens (tertiary/aromatic N) is 2. The Morgan fingerprint density at radius 2 is 2.00 bits per heavy atom. The first kappa shape index (κ1) is 15.0. The lowest BCUT2D eigenvalue weighted by molar-refractivity contribution is 0.0697. The average molecular weight is 314 g/mol. The highest BCUT2D eigenvalue weighted by atomic mass is 32.2. The van der Waals surface area contributed by atoms with Crippen LogP contribution in [0.3, 0.4) is 0 Å². The predicted molar refractivity (Wildman–Crippen MR) is 78.1 cm³/mol. The van der Waals surface area contributed by atoms with E-state index >= 15 is 0 Å². The third kappa shape index (κ3) is 2.88. The number of hydrogen-bond donors (Lipinski definition) is 0. The monoisotopic (exact) mass is 314 g/mol. The Morgan fingerprint density at radius 3 is 2.67 bits per heavy atom. The minimum Gasteiger partial charge on any atom is -0.464 e. The van der Waals surface area contributed by atoms with Gasteiger partial charge in [0.25, 0.3) is 10.2 Å². The van der Waals surface area contributed by atoms with Crippen molar-refractivity contribution >= 4 is 10.2 Å². The zero-order valence-electron chi connectivity index (χ0n) is 12.3. The highest BCUT2D eigenvalue weighted by Crippen LogP contribution is 2.36. The van der Waals surface area contributed by atoms with Crippen LogP contribution >= 0.6 is 0 Å². The Hall–Kier alpha value is -0.890. The molecule has 0 saturated carbocycles. The van der Waals surface area contributed by atoms with Crippen LogP contribution in [0, 0.1) is 0 Å². The minimum absolute atomic E-state index is 0.168. The normalized spacial score (nSPS) is 25.5. The topological polar surface area (TPSA) is 63.0 Å². The van der Waals surface area contributed by atoms with Crippen LogP contribution < -0.4 is 0 Å². The van der Waals surface area contributed by atoms with Crippen molar-refractivity contribution in [3.8, 4) is 0 Å². The highest BCUT2D eigenvalue weighted by Gasteiger charge is 2.40. The van der Waals surface area contributed by atoms with Crippen molar-refractivity contribution in [3.63, 3.8) is 0 Å². The summed E-state index contributed by atoms with van der Waals surface area (Å²) in [6.45, 7) is 4.40. The molecule has 0 aromatic carbocycles. The lowest BCUT2D eigenvalue weighted by Gasteiger charge is -2.32. The van der Waals surface area contributed by atoms with Gasteiger partial charge < -0.3 is 9.15 Å². The number of hydrogen-bond acceptors (Lipinski definition) is 4. The molecule has 6 nitrogen and oxygen atoms in total. The second-order valence-corrected chi connectivity index (χ2v) is 7.33. The van der Waals surface area contributed by atoms with E-state index in [0.29, 0.717) is 32.8 Å². The van der Waals surface area contributed by atoms with Crippen molar-refractivity contribution in [2.75, 3.05) is 32.8 Å². The lowest BCUT2D eigenvalue weighted by Crippen LogP contribution is -2.48. The molecule has 2 fully saturated rings. The standard InChI is InChI=1S/C14H22N2O4S/c1-2-12-5-6-14(20-12)13-4-3-7-16(13)21(17,18)15-8-10-19-11-9-15/h5-6,13H,2-4,7-11H2,1H3/t13-/m1/s1. The second-order valence-electron chi connectivity index (χ2n) is 5.45. The van der Waals surface area contributed by atoms with E-state index < -0.39 is 10.2 Å². The molecule has 0 amide bonds. The molecule has 0 bridgehead atoms. The summed E-state index contributed by atoms with van der Waals surface area (Å²) < 4.78 is 39.7. The molecule has 0 radical (unpaired) electrons. The molecule has 0 aliphatic carbocycles. The maximum absolute atomic E-state index is 12.8. The van der Waals surface area contributed by atoms with Gasteiger partial charge in [-0.1, -0.05) is 6.92 Å². The van der Waals surface area contributed by atoms with Crippen LogP contribution in [-0.4, -0.2) is 49.9 Å². The van der Waals surface area contributed by atoms with Gasteiger partial charge in [-0.05, 0) is 25.0 Å². The molecule has 0 spiro atoms. The largest absolute Gasteiger partial charge is 0.464 e. The molecule has 1 atom stereocenters. The summed E-state index contributed by atoms with van der Waals surface area (Å²) in [5, 5.41) is 0. The fraction of sp³-hybridized carbons (Fsp3) is 0.714. The van der Waals surface area contributed by atoms with Gasteiger partial charge in [0.2, 0.25) is 0 Å². The van der Waals surface area contributed by atoms with Crippen molar-refractivity contribution in [1.82, 2.24) is 8.61 Å². The van der Waals surface area contributed by atoms with E-state index in [1.165, 1.54) is 4.31 Å². The molecule has 118 valence electrons. The van der Waals surface area contributed by atoms with Crippen molar-refractivity contribution in [3.05, 3.63) is 23.7 Å². The Morgan fingerprint density at radius 1 is 1.24 bits per heavy atom. The Balaban J connectivity index is 1.82. The smallest absolute Gasteiger partial charge is 0.282 e. The molecule has 1 aromatic rings. The van der Waals surface area contributed by atoms with Gasteiger partial charge in [-0.25, -0.2) is 0 Å². The molecule has 0 unspecified atom stereocenters. The number of aryl methyl sites for hydroxylation is 1. The Kier molecular flexibility index (Phi) is 4.35. The maximum atomic E-state index is 12.8. The van der Waals surface area contributed by atoms with Crippen molar-refractivity contribution in [2.24, 2.45) is 0 Å². The molecular formula is C14H22N2O4S. The predicted octanol–water partition coefficient (Wildman–Crippen LogP) is 1.56. The van der Waals surface area contributed by atoms with Crippen molar-refractivity contribution < 1.29 is 17.6 Å². The molecule has 2 saturated heterocycles. The highest BCUT2D eigenvalue weighted by molar-refractivity contribution is 7.86. The van der Waals surface area contributed by atoms with Crippen LogP contribution in [0.5, 0.6) is 0 Å². The summed E-state index contributed by atoms with van der Waals surface area (Å²) in [5.41, 5.74) is 0. The van der Waals surface area contributed by atoms with Gasteiger partial charge in [0.15, 0.2) is 0 Å². The van der Waals surface area contributed by atoms with E-state index in [4.69, 9.17) is 9.15 Å². The number of rotatable bonds is 4. The van der Waals surface area contributed by atoms with Gasteiger partial charge in [0.05, 0.1) is 19.3 Å². The molecule has 3 heterocycles. The van der Waals surface area contributed by atoms with E-state index in [9.17, 15) is 8.42 Å². The summed E-state index contributed by atoms with van der Waals surface area (Å²) in [6.07, 6.45) is 2.51. The van der Waals surface area contributed by atoms with Crippen LogP contribution in [0.2, 0.25) is 0 Å². The van der Waals surface area contributed by atoms with E-state index in [-0.39, 0.29) is 6.04 Å². The first-order chi connectivity index (χ1) is 10.1. The van der Waals surface area contributed by atoms with Crippen LogP contribution in [0.25, 0.3) is 0 Å². The lowest BCUT2D eigenvalue weighted by atomic mass is 10.2. The van der Waals surface area contributed by atoms with E-state index in [2.05, 4.69) is 0 Å². The third-order valence-electron chi connectivity index (χ3n) is 4.16. The molecule has 1 aromatic heterocycles. The molecule has 2 aliphatic heterocycles. The minimum atomic E-state index is -3.43. The Bertz CT molecular complexity index is 578. The summed E-state index contributed by atoms with van der Waals surface area (Å²) >= 11 is 0. The van der Waals surface area contributed by atoms with Crippen LogP contribution in [-0.2, 0) is 21.4 Å². The molecule has 0 N–H and O–H groups in total. The molecule has 21 heavy (non-hydrogen) atoms. The van der Waals surface area contributed by atoms with Crippen LogP contribution in [0.4, 0.5) is 0 Å². The zero-order valence-corrected chi connectivity index (χ0v) is 13.1. The second kappa shape index (κ2) is 6.08. The first-order valence-electron chi connectivity index (χ1n) is 7.56. The Labute approximate surface area is 125 Å². The van der Waals surface area contributed by atoms with Gasteiger partial charge >= 0.3 is 0 Å². The SMILES string of the molecule is CCc1ccc([C@H]2CCCN2S(=O)(=O)N2CCOCC2)o1. The summed E-state index contributed by atoms with van der Waals surface area (Å²) in [4.78, 5) is 0. The fourth-order valence-electron chi connectivity index (χ4n) is 2.99. The average Bonchev–Trinajstić information content (AvgIpc) is 3.16. The summed E-state index contributed by atoms with van der Waals surface area (Å²) in [6, 6.07) is 3.68. The van der Waals surface area contributed by atoms with E-state index in [1.54, 1.807) is 4.31 Å². The van der Waals surface area contributed by atoms with Crippen molar-refractivity contribution in [2.45, 2.75) is 32.2 Å². The van der Waals surface area contributed by atoms with Gasteiger partial charge in [-0.3, -0.25) is 0 Å². The maximum Gasteiger partial charge on any atom is 0.282 e. The molecule has 3 rings (SSSR count). The summed E-state index contributed by atoms with van der Waals surface area (Å²) in [5.74, 6) is 1.67. The number of furan rings is 1. The van der Waals surface area contributed by atoms with Gasteiger partial charge in [0.1, 0.15) is 11.5 Å². The summed E-state index contributed by atoms with van der Waals surface area (Å²) in [7, 11) is -3.43. The van der Waals surface area contributed by atoms with Crippen LogP contribution in [0.1, 0.15) is 37.3 Å².